The highest BCUT2D eigenvalue weighted by Gasteiger charge is 2.22. The largest absolute Gasteiger partial charge is 0.344 e. The van der Waals surface area contributed by atoms with Crippen LogP contribution in [0.3, 0.4) is 0 Å². The molecule has 1 aromatic heterocycles. The van der Waals surface area contributed by atoms with Crippen LogP contribution in [0.4, 0.5) is 0 Å². The number of amides is 1. The smallest absolute Gasteiger partial charge is 0.222 e. The summed E-state index contributed by atoms with van der Waals surface area (Å²) in [5, 5.41) is 4.01. The number of aromatic nitrogens is 2. The van der Waals surface area contributed by atoms with Crippen molar-refractivity contribution >= 4 is 17.5 Å². The van der Waals surface area contributed by atoms with Gasteiger partial charge in [0.1, 0.15) is 5.82 Å². The zero-order valence-electron chi connectivity index (χ0n) is 12.2. The Bertz CT molecular complexity index is 460. The van der Waals surface area contributed by atoms with Crippen LogP contribution in [0.5, 0.6) is 0 Å². The number of aryl methyl sites for hydroxylation is 1. The second kappa shape index (κ2) is 7.09. The molecule has 2 N–H and O–H groups in total. The lowest BCUT2D eigenvalue weighted by Crippen LogP contribution is -2.46. The molecular formula is C14H23ClN4O. The predicted molar refractivity (Wildman–Crippen MR) is 79.7 cm³/mol. The van der Waals surface area contributed by atoms with E-state index >= 15 is 0 Å². The monoisotopic (exact) mass is 298 g/mol. The molecule has 0 saturated carbocycles. The highest BCUT2D eigenvalue weighted by Crippen LogP contribution is 2.15. The maximum absolute atomic E-state index is 11.4. The number of carbonyl (C=O) groups is 1. The Labute approximate surface area is 125 Å². The summed E-state index contributed by atoms with van der Waals surface area (Å²) in [6, 6.07) is 0.330. The van der Waals surface area contributed by atoms with Crippen molar-refractivity contribution in [3.8, 4) is 0 Å². The third kappa shape index (κ3) is 3.96. The number of nitrogens with one attached hydrogen (secondary N) is 2. The lowest BCUT2D eigenvalue weighted by molar-refractivity contribution is -0.132. The van der Waals surface area contributed by atoms with Gasteiger partial charge in [-0.2, -0.15) is 0 Å². The van der Waals surface area contributed by atoms with Crippen LogP contribution >= 0.6 is 11.6 Å². The molecule has 112 valence electrons. The minimum atomic E-state index is 0.226. The van der Waals surface area contributed by atoms with E-state index in [9.17, 15) is 4.79 Å². The van der Waals surface area contributed by atoms with Crippen LogP contribution in [0, 0.1) is 0 Å². The molecule has 5 nitrogen and oxygen atoms in total. The van der Waals surface area contributed by atoms with Crippen molar-refractivity contribution < 1.29 is 4.79 Å². The molecule has 2 rings (SSSR count). The van der Waals surface area contributed by atoms with Gasteiger partial charge in [0.25, 0.3) is 0 Å². The molecule has 0 bridgehead atoms. The number of carbonyl (C=O) groups excluding carboxylic acids is 1. The highest BCUT2D eigenvalue weighted by atomic mass is 35.5. The van der Waals surface area contributed by atoms with E-state index in [1.54, 1.807) is 4.90 Å². The molecule has 0 aromatic carbocycles. The normalized spacial score (nSPS) is 19.6. The standard InChI is InChI=1S/C14H23ClN4O/c1-3-4-5-12-17-11(14(15)18-12)8-16-10-6-7-13(20)19(2)9-10/h10,16H,3-9H2,1-2H3,(H,17,18). The van der Waals surface area contributed by atoms with Gasteiger partial charge in [-0.1, -0.05) is 24.9 Å². The number of halogens is 1. The summed E-state index contributed by atoms with van der Waals surface area (Å²) in [7, 11) is 1.85. The third-order valence-electron chi connectivity index (χ3n) is 3.74. The van der Waals surface area contributed by atoms with Gasteiger partial charge in [0.05, 0.1) is 5.69 Å². The van der Waals surface area contributed by atoms with Gasteiger partial charge in [0.15, 0.2) is 5.15 Å². The highest BCUT2D eigenvalue weighted by molar-refractivity contribution is 6.30. The van der Waals surface area contributed by atoms with Crippen molar-refractivity contribution in [1.29, 1.82) is 0 Å². The number of aromatic amines is 1. The topological polar surface area (TPSA) is 61.0 Å². The first kappa shape index (κ1) is 15.3. The molecular weight excluding hydrogens is 276 g/mol. The summed E-state index contributed by atoms with van der Waals surface area (Å²) in [4.78, 5) is 20.8. The lowest BCUT2D eigenvalue weighted by atomic mass is 10.1. The first-order chi connectivity index (χ1) is 9.60. The van der Waals surface area contributed by atoms with Crippen LogP contribution in [-0.4, -0.2) is 40.4 Å². The SMILES string of the molecule is CCCCc1nc(Cl)c(CNC2CCC(=O)N(C)C2)[nH]1. The number of likely N-dealkylation sites (N-methyl/N-ethyl adjacent to an activating group) is 1. The summed E-state index contributed by atoms with van der Waals surface area (Å²) in [5.41, 5.74) is 0.942. The summed E-state index contributed by atoms with van der Waals surface area (Å²) < 4.78 is 0. The van der Waals surface area contributed by atoms with Crippen molar-refractivity contribution in [2.45, 2.75) is 51.6 Å². The fraction of sp³-hybridized carbons (Fsp3) is 0.714. The Kier molecular flexibility index (Phi) is 5.43. The summed E-state index contributed by atoms with van der Waals surface area (Å²) in [5.74, 6) is 1.19. The number of nitrogens with zero attached hydrogens (tertiary/aromatic N) is 2. The van der Waals surface area contributed by atoms with Crippen molar-refractivity contribution in [2.24, 2.45) is 0 Å². The molecule has 6 heteroatoms. The van der Waals surface area contributed by atoms with Crippen LogP contribution < -0.4 is 5.32 Å². The average molecular weight is 299 g/mol. The van der Waals surface area contributed by atoms with Gasteiger partial charge in [0, 0.05) is 39.0 Å². The van der Waals surface area contributed by atoms with E-state index in [1.807, 2.05) is 7.05 Å². The predicted octanol–water partition coefficient (Wildman–Crippen LogP) is 2.12. The van der Waals surface area contributed by atoms with Gasteiger partial charge in [0.2, 0.25) is 5.91 Å². The first-order valence-corrected chi connectivity index (χ1v) is 7.68. The van der Waals surface area contributed by atoms with Crippen LogP contribution in [0.1, 0.15) is 44.1 Å². The summed E-state index contributed by atoms with van der Waals surface area (Å²) in [6.07, 6.45) is 4.71. The fourth-order valence-electron chi connectivity index (χ4n) is 2.44. The van der Waals surface area contributed by atoms with E-state index in [2.05, 4.69) is 22.2 Å². The Morgan fingerprint density at radius 2 is 2.35 bits per heavy atom. The zero-order chi connectivity index (χ0) is 14.5. The van der Waals surface area contributed by atoms with Gasteiger partial charge in [-0.15, -0.1) is 0 Å². The molecule has 0 aliphatic carbocycles. The molecule has 1 unspecified atom stereocenters. The second-order valence-electron chi connectivity index (χ2n) is 5.45. The molecule has 2 heterocycles. The molecule has 1 atom stereocenters. The van der Waals surface area contributed by atoms with E-state index in [0.717, 1.165) is 43.7 Å². The minimum absolute atomic E-state index is 0.226. The lowest BCUT2D eigenvalue weighted by Gasteiger charge is -2.30. The molecule has 20 heavy (non-hydrogen) atoms. The Morgan fingerprint density at radius 1 is 1.55 bits per heavy atom. The zero-order valence-corrected chi connectivity index (χ0v) is 13.0. The number of rotatable bonds is 6. The number of piperidine rings is 1. The molecule has 0 radical (unpaired) electrons. The maximum Gasteiger partial charge on any atom is 0.222 e. The van der Waals surface area contributed by atoms with Crippen LogP contribution in [0.25, 0.3) is 0 Å². The van der Waals surface area contributed by atoms with Crippen LogP contribution in [-0.2, 0) is 17.8 Å². The van der Waals surface area contributed by atoms with E-state index < -0.39 is 0 Å². The van der Waals surface area contributed by atoms with Gasteiger partial charge in [-0.3, -0.25) is 4.79 Å². The van der Waals surface area contributed by atoms with Gasteiger partial charge >= 0.3 is 0 Å². The van der Waals surface area contributed by atoms with E-state index in [0.29, 0.717) is 24.2 Å². The maximum atomic E-state index is 11.4. The van der Waals surface area contributed by atoms with Crippen molar-refractivity contribution in [1.82, 2.24) is 20.2 Å². The number of likely N-dealkylation sites (tertiary alicyclic amines) is 1. The molecule has 1 aliphatic heterocycles. The first-order valence-electron chi connectivity index (χ1n) is 7.30. The van der Waals surface area contributed by atoms with Crippen molar-refractivity contribution in [3.05, 3.63) is 16.7 Å². The Hall–Kier alpha value is -1.07. The second-order valence-corrected chi connectivity index (χ2v) is 5.81. The number of imidazole rings is 1. The summed E-state index contributed by atoms with van der Waals surface area (Å²) in [6.45, 7) is 3.59. The quantitative estimate of drug-likeness (QED) is 0.845. The average Bonchev–Trinajstić information content (AvgIpc) is 2.78. The fourth-order valence-corrected chi connectivity index (χ4v) is 2.66. The van der Waals surface area contributed by atoms with E-state index in [-0.39, 0.29) is 5.91 Å². The molecule has 1 amide bonds. The van der Waals surface area contributed by atoms with Gasteiger partial charge < -0.3 is 15.2 Å². The number of H-pyrrole nitrogens is 1. The number of hydrogen-bond donors (Lipinski definition) is 2. The van der Waals surface area contributed by atoms with Gasteiger partial charge in [-0.05, 0) is 12.8 Å². The van der Waals surface area contributed by atoms with Crippen molar-refractivity contribution in [2.75, 3.05) is 13.6 Å². The Balaban J connectivity index is 1.84. The molecule has 1 aromatic rings. The Morgan fingerprint density at radius 3 is 3.05 bits per heavy atom. The van der Waals surface area contributed by atoms with Gasteiger partial charge in [-0.25, -0.2) is 4.98 Å². The molecule has 0 spiro atoms. The van der Waals surface area contributed by atoms with Crippen LogP contribution in [0.2, 0.25) is 5.15 Å². The van der Waals surface area contributed by atoms with Crippen molar-refractivity contribution in [3.63, 3.8) is 0 Å². The summed E-state index contributed by atoms with van der Waals surface area (Å²) >= 11 is 6.15. The third-order valence-corrected chi connectivity index (χ3v) is 4.05. The molecule has 1 aliphatic rings. The molecule has 1 saturated heterocycles. The number of hydrogen-bond acceptors (Lipinski definition) is 3. The minimum Gasteiger partial charge on any atom is -0.344 e. The molecule has 1 fully saturated rings. The number of unbranched alkanes of at least 4 members (excludes halogenated alkanes) is 1. The van der Waals surface area contributed by atoms with E-state index in [1.165, 1.54) is 0 Å². The van der Waals surface area contributed by atoms with E-state index in [4.69, 9.17) is 11.6 Å². The van der Waals surface area contributed by atoms with Crippen LogP contribution in [0.15, 0.2) is 0 Å².